The fourth-order valence-corrected chi connectivity index (χ4v) is 7.33. The van der Waals surface area contributed by atoms with Gasteiger partial charge in [-0.2, -0.15) is 0 Å². The molecule has 0 radical (unpaired) electrons. The van der Waals surface area contributed by atoms with E-state index in [1.165, 1.54) is 44.9 Å². The minimum absolute atomic E-state index is 0.0841. The number of ether oxygens (including phenoxy) is 2. The Morgan fingerprint density at radius 1 is 0.544 bits per heavy atom. The maximum Gasteiger partial charge on any atom is 0.472 e. The van der Waals surface area contributed by atoms with E-state index in [2.05, 4.69) is 50.3 Å². The van der Waals surface area contributed by atoms with Crippen molar-refractivity contribution >= 4 is 19.8 Å². The molecular formula is C43H77O13P. The molecule has 0 spiro atoms. The van der Waals surface area contributed by atoms with Crippen molar-refractivity contribution in [2.75, 3.05) is 13.2 Å². The third kappa shape index (κ3) is 26.7. The fraction of sp³-hybridized carbons (Fsp3) is 0.814. The molecule has 0 aliphatic heterocycles. The summed E-state index contributed by atoms with van der Waals surface area (Å²) in [6, 6.07) is 0. The van der Waals surface area contributed by atoms with Crippen molar-refractivity contribution in [3.05, 3.63) is 36.5 Å². The highest BCUT2D eigenvalue weighted by molar-refractivity contribution is 7.47. The number of rotatable bonds is 35. The molecule has 1 aliphatic carbocycles. The number of hydrogen-bond donors (Lipinski definition) is 6. The summed E-state index contributed by atoms with van der Waals surface area (Å²) in [5, 5.41) is 50.0. The van der Waals surface area contributed by atoms with Gasteiger partial charge < -0.3 is 39.9 Å². The van der Waals surface area contributed by atoms with E-state index in [-0.39, 0.29) is 12.8 Å². The number of esters is 2. The SMILES string of the molecule is CCCC/C=C\CCCCCCCC(=O)O[C@H](COC(=O)CCCCCCCCC/C=C\C/C=C\CCCCC)COP(=O)(O)OC1C(O)C(O)C(O)[C@@H](O)C1O. The molecule has 14 heteroatoms. The van der Waals surface area contributed by atoms with Crippen molar-refractivity contribution in [2.45, 2.75) is 211 Å². The second kappa shape index (κ2) is 33.9. The van der Waals surface area contributed by atoms with E-state index in [1.807, 2.05) is 0 Å². The average Bonchev–Trinajstić information content (AvgIpc) is 3.19. The highest BCUT2D eigenvalue weighted by Gasteiger charge is 2.51. The van der Waals surface area contributed by atoms with E-state index in [0.717, 1.165) is 83.5 Å². The number of phosphoric acid groups is 1. The van der Waals surface area contributed by atoms with Crippen LogP contribution in [0.15, 0.2) is 36.5 Å². The Balaban J connectivity index is 2.47. The van der Waals surface area contributed by atoms with Gasteiger partial charge in [-0.3, -0.25) is 18.6 Å². The molecule has 1 aliphatic rings. The molecule has 1 saturated carbocycles. The third-order valence-electron chi connectivity index (χ3n) is 9.95. The lowest BCUT2D eigenvalue weighted by molar-refractivity contribution is -0.220. The number of unbranched alkanes of at least 4 members (excludes halogenated alkanes) is 17. The summed E-state index contributed by atoms with van der Waals surface area (Å²) < 4.78 is 33.4. The molecule has 6 N–H and O–H groups in total. The Bertz CT molecular complexity index is 1150. The van der Waals surface area contributed by atoms with Crippen LogP contribution < -0.4 is 0 Å². The molecular weight excluding hydrogens is 755 g/mol. The first-order chi connectivity index (χ1) is 27.4. The van der Waals surface area contributed by atoms with Gasteiger partial charge in [0.05, 0.1) is 6.61 Å². The number of allylic oxidation sites excluding steroid dienone is 6. The summed E-state index contributed by atoms with van der Waals surface area (Å²) in [6.07, 6.45) is 23.5. The zero-order chi connectivity index (χ0) is 42.2. The summed E-state index contributed by atoms with van der Waals surface area (Å²) in [5.41, 5.74) is 0. The van der Waals surface area contributed by atoms with Crippen LogP contribution in [0.1, 0.15) is 168 Å². The van der Waals surface area contributed by atoms with Crippen molar-refractivity contribution < 1.29 is 63.1 Å². The van der Waals surface area contributed by atoms with Crippen molar-refractivity contribution in [1.29, 1.82) is 0 Å². The van der Waals surface area contributed by atoms with Gasteiger partial charge in [0, 0.05) is 12.8 Å². The summed E-state index contributed by atoms with van der Waals surface area (Å²) >= 11 is 0. The number of phosphoric ester groups is 1. The third-order valence-corrected chi connectivity index (χ3v) is 10.9. The Hall–Kier alpha value is -1.93. The smallest absolute Gasteiger partial charge is 0.462 e. The van der Waals surface area contributed by atoms with Crippen LogP contribution in [0.5, 0.6) is 0 Å². The Labute approximate surface area is 342 Å². The molecule has 1 fully saturated rings. The van der Waals surface area contributed by atoms with Crippen LogP contribution in [0.2, 0.25) is 0 Å². The lowest BCUT2D eigenvalue weighted by Crippen LogP contribution is -2.64. The molecule has 0 aromatic carbocycles. The van der Waals surface area contributed by atoms with Crippen molar-refractivity contribution in [3.8, 4) is 0 Å². The minimum Gasteiger partial charge on any atom is -0.462 e. The predicted molar refractivity (Wildman–Crippen MR) is 221 cm³/mol. The van der Waals surface area contributed by atoms with E-state index in [1.54, 1.807) is 0 Å². The van der Waals surface area contributed by atoms with Gasteiger partial charge in [-0.05, 0) is 64.2 Å². The van der Waals surface area contributed by atoms with Crippen LogP contribution in [0.25, 0.3) is 0 Å². The molecule has 0 saturated heterocycles. The summed E-state index contributed by atoms with van der Waals surface area (Å²) in [6.45, 7) is 3.20. The van der Waals surface area contributed by atoms with E-state index < -0.39 is 75.7 Å². The highest BCUT2D eigenvalue weighted by atomic mass is 31.2. The van der Waals surface area contributed by atoms with Crippen LogP contribution in [-0.4, -0.2) is 98.3 Å². The summed E-state index contributed by atoms with van der Waals surface area (Å²) in [7, 11) is -5.12. The van der Waals surface area contributed by atoms with Gasteiger partial charge in [-0.25, -0.2) is 4.57 Å². The van der Waals surface area contributed by atoms with Crippen molar-refractivity contribution in [1.82, 2.24) is 0 Å². The molecule has 6 unspecified atom stereocenters. The van der Waals surface area contributed by atoms with Crippen molar-refractivity contribution in [2.24, 2.45) is 0 Å². The number of hydrogen-bond acceptors (Lipinski definition) is 12. The lowest BCUT2D eigenvalue weighted by atomic mass is 9.85. The normalized spacial score (nSPS) is 23.0. The number of carbonyl (C=O) groups is 2. The monoisotopic (exact) mass is 833 g/mol. The standard InChI is InChI=1S/C43H77O13P/c1-3-5-7-9-11-13-15-16-17-18-19-20-22-23-25-27-29-31-36(44)53-33-35(55-37(45)32-30-28-26-24-21-14-12-10-8-6-4-2)34-54-57(51,52)56-43-41(49)39(47)38(46)40(48)42(43)50/h10-13,16-17,35,38-43,46-50H,3-9,14-15,18-34H2,1-2H3,(H,51,52)/b12-10-,13-11-,17-16-/t35-,38?,39-,40?,41?,42?,43?/m1/s1. The minimum atomic E-state index is -5.12. The largest absolute Gasteiger partial charge is 0.472 e. The first-order valence-electron chi connectivity index (χ1n) is 21.8. The van der Waals surface area contributed by atoms with E-state index in [4.69, 9.17) is 18.5 Å². The summed E-state index contributed by atoms with van der Waals surface area (Å²) in [4.78, 5) is 35.6. The predicted octanol–water partition coefficient (Wildman–Crippen LogP) is 7.83. The van der Waals surface area contributed by atoms with Gasteiger partial charge in [-0.15, -0.1) is 0 Å². The maximum absolute atomic E-state index is 12.8. The number of aliphatic hydroxyl groups is 5. The molecule has 1 rings (SSSR count). The molecule has 0 aromatic rings. The lowest BCUT2D eigenvalue weighted by Gasteiger charge is -2.41. The molecule has 0 heterocycles. The maximum atomic E-state index is 12.8. The van der Waals surface area contributed by atoms with Crippen LogP contribution in [-0.2, 0) is 32.7 Å². The second-order valence-corrected chi connectivity index (χ2v) is 16.6. The molecule has 0 bridgehead atoms. The molecule has 8 atom stereocenters. The number of carbonyl (C=O) groups excluding carboxylic acids is 2. The fourth-order valence-electron chi connectivity index (χ4n) is 6.36. The quantitative estimate of drug-likeness (QED) is 0.0156. The van der Waals surface area contributed by atoms with Crippen LogP contribution in [0, 0.1) is 0 Å². The van der Waals surface area contributed by atoms with E-state index in [9.17, 15) is 44.6 Å². The molecule has 0 aromatic heterocycles. The highest BCUT2D eigenvalue weighted by Crippen LogP contribution is 2.47. The molecule has 13 nitrogen and oxygen atoms in total. The zero-order valence-corrected chi connectivity index (χ0v) is 35.8. The van der Waals surface area contributed by atoms with Gasteiger partial charge >= 0.3 is 19.8 Å². The molecule has 0 amide bonds. The van der Waals surface area contributed by atoms with Gasteiger partial charge in [0.2, 0.25) is 0 Å². The second-order valence-electron chi connectivity index (χ2n) is 15.2. The number of aliphatic hydroxyl groups excluding tert-OH is 5. The van der Waals surface area contributed by atoms with Crippen molar-refractivity contribution in [3.63, 3.8) is 0 Å². The molecule has 57 heavy (non-hydrogen) atoms. The topological polar surface area (TPSA) is 210 Å². The Morgan fingerprint density at radius 3 is 1.49 bits per heavy atom. The Morgan fingerprint density at radius 2 is 0.965 bits per heavy atom. The van der Waals surface area contributed by atoms with Gasteiger partial charge in [-0.1, -0.05) is 127 Å². The summed E-state index contributed by atoms with van der Waals surface area (Å²) in [5.74, 6) is -1.12. The van der Waals surface area contributed by atoms with E-state index >= 15 is 0 Å². The van der Waals surface area contributed by atoms with Crippen LogP contribution >= 0.6 is 7.82 Å². The molecule has 332 valence electrons. The van der Waals surface area contributed by atoms with Gasteiger partial charge in [0.15, 0.2) is 6.10 Å². The Kier molecular flexibility index (Phi) is 31.5. The first kappa shape index (κ1) is 53.1. The van der Waals surface area contributed by atoms with Gasteiger partial charge in [0.1, 0.15) is 43.2 Å². The zero-order valence-electron chi connectivity index (χ0n) is 34.9. The van der Waals surface area contributed by atoms with Crippen LogP contribution in [0.4, 0.5) is 0 Å². The van der Waals surface area contributed by atoms with E-state index in [0.29, 0.717) is 12.8 Å². The van der Waals surface area contributed by atoms with Crippen LogP contribution in [0.3, 0.4) is 0 Å². The van der Waals surface area contributed by atoms with Gasteiger partial charge in [0.25, 0.3) is 0 Å². The average molecular weight is 833 g/mol. The first-order valence-corrected chi connectivity index (χ1v) is 23.3.